The molecule has 0 radical (unpaired) electrons. The minimum atomic E-state index is -0.570. The molecule has 3 unspecified atom stereocenters. The maximum atomic E-state index is 10.4. The number of pyridine rings is 1. The lowest BCUT2D eigenvalue weighted by Gasteiger charge is -2.37. The second kappa shape index (κ2) is 4.96. The molecular weight excluding hydrogens is 228 g/mol. The van der Waals surface area contributed by atoms with Gasteiger partial charge in [-0.05, 0) is 31.9 Å². The molecule has 0 aliphatic carbocycles. The molecule has 0 saturated carbocycles. The van der Waals surface area contributed by atoms with Gasteiger partial charge in [-0.1, -0.05) is 6.07 Å². The molecule has 3 atom stereocenters. The molecule has 3 heterocycles. The Kier molecular flexibility index (Phi) is 3.33. The normalized spacial score (nSPS) is 30.1. The second-order valence-corrected chi connectivity index (χ2v) is 5.40. The predicted octanol–water partition coefficient (Wildman–Crippen LogP) is 1.29. The van der Waals surface area contributed by atoms with E-state index in [2.05, 4.69) is 9.88 Å². The average molecular weight is 248 g/mol. The van der Waals surface area contributed by atoms with Crippen LogP contribution in [0.4, 0.5) is 0 Å². The quantitative estimate of drug-likeness (QED) is 0.856. The number of fused-ring (bicyclic) bond motifs is 1. The van der Waals surface area contributed by atoms with E-state index >= 15 is 0 Å². The first-order valence-corrected chi connectivity index (χ1v) is 6.69. The highest BCUT2D eigenvalue weighted by Crippen LogP contribution is 2.28. The lowest BCUT2D eigenvalue weighted by molar-refractivity contribution is -0.103. The standard InChI is InChI=1S/C14H20N2O2/c1-10-5-11(7-15-6-10)14(17)13-8-16-4-2-3-12(16)9-18-13/h5-7,12-14,17H,2-4,8-9H2,1H3. The molecule has 2 aliphatic heterocycles. The lowest BCUT2D eigenvalue weighted by Crippen LogP contribution is -2.48. The summed E-state index contributed by atoms with van der Waals surface area (Å²) in [6, 6.07) is 2.56. The summed E-state index contributed by atoms with van der Waals surface area (Å²) < 4.78 is 5.83. The van der Waals surface area contributed by atoms with Crippen molar-refractivity contribution in [1.82, 2.24) is 9.88 Å². The Morgan fingerprint density at radius 3 is 3.22 bits per heavy atom. The van der Waals surface area contributed by atoms with Crippen molar-refractivity contribution < 1.29 is 9.84 Å². The number of aliphatic hydroxyl groups is 1. The average Bonchev–Trinajstić information content (AvgIpc) is 2.85. The molecule has 98 valence electrons. The third-order valence-electron chi connectivity index (χ3n) is 4.01. The second-order valence-electron chi connectivity index (χ2n) is 5.40. The Balaban J connectivity index is 1.71. The Hall–Kier alpha value is -0.970. The van der Waals surface area contributed by atoms with Gasteiger partial charge in [0.25, 0.3) is 0 Å². The highest BCUT2D eigenvalue weighted by atomic mass is 16.5. The van der Waals surface area contributed by atoms with Crippen LogP contribution in [0, 0.1) is 6.92 Å². The van der Waals surface area contributed by atoms with Crippen molar-refractivity contribution in [2.75, 3.05) is 19.7 Å². The van der Waals surface area contributed by atoms with Crippen LogP contribution in [0.1, 0.15) is 30.1 Å². The van der Waals surface area contributed by atoms with Crippen LogP contribution < -0.4 is 0 Å². The summed E-state index contributed by atoms with van der Waals surface area (Å²) in [7, 11) is 0. The summed E-state index contributed by atoms with van der Waals surface area (Å²) >= 11 is 0. The van der Waals surface area contributed by atoms with Crippen LogP contribution in [0.25, 0.3) is 0 Å². The molecule has 18 heavy (non-hydrogen) atoms. The Morgan fingerprint density at radius 2 is 2.39 bits per heavy atom. The fourth-order valence-electron chi connectivity index (χ4n) is 2.99. The maximum absolute atomic E-state index is 10.4. The van der Waals surface area contributed by atoms with Gasteiger partial charge in [-0.15, -0.1) is 0 Å². The van der Waals surface area contributed by atoms with Crippen molar-refractivity contribution in [2.45, 2.75) is 38.0 Å². The molecule has 4 nitrogen and oxygen atoms in total. The van der Waals surface area contributed by atoms with Crippen molar-refractivity contribution >= 4 is 0 Å². The molecular formula is C14H20N2O2. The van der Waals surface area contributed by atoms with E-state index in [9.17, 15) is 5.11 Å². The fraction of sp³-hybridized carbons (Fsp3) is 0.643. The van der Waals surface area contributed by atoms with Gasteiger partial charge in [-0.2, -0.15) is 0 Å². The summed E-state index contributed by atoms with van der Waals surface area (Å²) in [6.45, 7) is 4.71. The molecule has 2 saturated heterocycles. The third-order valence-corrected chi connectivity index (χ3v) is 4.01. The number of rotatable bonds is 2. The van der Waals surface area contributed by atoms with E-state index in [-0.39, 0.29) is 6.10 Å². The van der Waals surface area contributed by atoms with E-state index in [4.69, 9.17) is 4.74 Å². The zero-order chi connectivity index (χ0) is 12.5. The van der Waals surface area contributed by atoms with Crippen molar-refractivity contribution in [3.63, 3.8) is 0 Å². The molecule has 1 aromatic rings. The predicted molar refractivity (Wildman–Crippen MR) is 68.3 cm³/mol. The summed E-state index contributed by atoms with van der Waals surface area (Å²) in [5.41, 5.74) is 1.93. The number of morpholine rings is 1. The van der Waals surface area contributed by atoms with Crippen LogP contribution >= 0.6 is 0 Å². The van der Waals surface area contributed by atoms with Gasteiger partial charge < -0.3 is 9.84 Å². The van der Waals surface area contributed by atoms with Crippen molar-refractivity contribution in [3.8, 4) is 0 Å². The van der Waals surface area contributed by atoms with Crippen LogP contribution in [-0.4, -0.2) is 46.8 Å². The van der Waals surface area contributed by atoms with E-state index in [1.807, 2.05) is 13.0 Å². The molecule has 1 aromatic heterocycles. The molecule has 2 aliphatic rings. The van der Waals surface area contributed by atoms with Crippen molar-refractivity contribution in [2.24, 2.45) is 0 Å². The number of hydrogen-bond donors (Lipinski definition) is 1. The summed E-state index contributed by atoms with van der Waals surface area (Å²) in [5.74, 6) is 0. The zero-order valence-electron chi connectivity index (χ0n) is 10.7. The van der Waals surface area contributed by atoms with E-state index in [1.165, 1.54) is 12.8 Å². The van der Waals surface area contributed by atoms with E-state index < -0.39 is 6.10 Å². The number of aryl methyl sites for hydroxylation is 1. The fourth-order valence-corrected chi connectivity index (χ4v) is 2.99. The van der Waals surface area contributed by atoms with Gasteiger partial charge in [0.1, 0.15) is 12.2 Å². The van der Waals surface area contributed by atoms with Gasteiger partial charge in [0.05, 0.1) is 6.61 Å². The lowest BCUT2D eigenvalue weighted by atomic mass is 10.0. The Morgan fingerprint density at radius 1 is 1.50 bits per heavy atom. The molecule has 0 bridgehead atoms. The number of hydrogen-bond acceptors (Lipinski definition) is 4. The van der Waals surface area contributed by atoms with Gasteiger partial charge in [0, 0.05) is 30.5 Å². The van der Waals surface area contributed by atoms with Gasteiger partial charge in [-0.3, -0.25) is 9.88 Å². The van der Waals surface area contributed by atoms with Crippen LogP contribution in [0.15, 0.2) is 18.5 Å². The highest BCUT2D eigenvalue weighted by Gasteiger charge is 2.35. The summed E-state index contributed by atoms with van der Waals surface area (Å²) in [4.78, 5) is 6.58. The van der Waals surface area contributed by atoms with E-state index in [0.29, 0.717) is 6.04 Å². The highest BCUT2D eigenvalue weighted by molar-refractivity contribution is 5.20. The topological polar surface area (TPSA) is 45.6 Å². The molecule has 4 heteroatoms. The first-order chi connectivity index (χ1) is 8.74. The largest absolute Gasteiger partial charge is 0.386 e. The molecule has 0 spiro atoms. The first-order valence-electron chi connectivity index (χ1n) is 6.69. The minimum absolute atomic E-state index is 0.122. The number of aliphatic hydroxyl groups excluding tert-OH is 1. The number of ether oxygens (including phenoxy) is 1. The van der Waals surface area contributed by atoms with Gasteiger partial charge >= 0.3 is 0 Å². The van der Waals surface area contributed by atoms with E-state index in [1.54, 1.807) is 12.4 Å². The number of aromatic nitrogens is 1. The smallest absolute Gasteiger partial charge is 0.108 e. The van der Waals surface area contributed by atoms with E-state index in [0.717, 1.165) is 30.8 Å². The van der Waals surface area contributed by atoms with Gasteiger partial charge in [-0.25, -0.2) is 0 Å². The Labute approximate surface area is 108 Å². The van der Waals surface area contributed by atoms with Crippen LogP contribution in [-0.2, 0) is 4.74 Å². The summed E-state index contributed by atoms with van der Waals surface area (Å²) in [6.07, 6.45) is 5.32. The monoisotopic (exact) mass is 248 g/mol. The molecule has 0 aromatic carbocycles. The maximum Gasteiger partial charge on any atom is 0.108 e. The molecule has 3 rings (SSSR count). The minimum Gasteiger partial charge on any atom is -0.386 e. The Bertz CT molecular complexity index is 424. The first kappa shape index (κ1) is 12.1. The molecule has 0 amide bonds. The van der Waals surface area contributed by atoms with Crippen molar-refractivity contribution in [3.05, 3.63) is 29.6 Å². The van der Waals surface area contributed by atoms with Crippen molar-refractivity contribution in [1.29, 1.82) is 0 Å². The van der Waals surface area contributed by atoms with Crippen LogP contribution in [0.2, 0.25) is 0 Å². The number of nitrogens with zero attached hydrogens (tertiary/aromatic N) is 2. The molecule has 1 N–H and O–H groups in total. The van der Waals surface area contributed by atoms with Gasteiger partial charge in [0.2, 0.25) is 0 Å². The molecule has 2 fully saturated rings. The zero-order valence-corrected chi connectivity index (χ0v) is 10.7. The third kappa shape index (κ3) is 2.28. The SMILES string of the molecule is Cc1cncc(C(O)C2CN3CCCC3CO2)c1. The van der Waals surface area contributed by atoms with Crippen LogP contribution in [0.3, 0.4) is 0 Å². The summed E-state index contributed by atoms with van der Waals surface area (Å²) in [5, 5.41) is 10.4. The van der Waals surface area contributed by atoms with Gasteiger partial charge in [0.15, 0.2) is 0 Å². The van der Waals surface area contributed by atoms with Crippen LogP contribution in [0.5, 0.6) is 0 Å².